The van der Waals surface area contributed by atoms with Crippen LogP contribution >= 0.6 is 0 Å². The quantitative estimate of drug-likeness (QED) is 0.502. The molecule has 2 aliphatic rings. The summed E-state index contributed by atoms with van der Waals surface area (Å²) in [6.45, 7) is 11.8. The molecular formula is C15H28OSi. The summed E-state index contributed by atoms with van der Waals surface area (Å²) in [5.74, 6) is 0. The predicted molar refractivity (Wildman–Crippen MR) is 76.7 cm³/mol. The molecule has 0 bridgehead atoms. The van der Waals surface area contributed by atoms with Gasteiger partial charge in [-0.05, 0) is 50.2 Å². The zero-order valence-electron chi connectivity index (χ0n) is 12.2. The van der Waals surface area contributed by atoms with Gasteiger partial charge in [-0.15, -0.1) is 0 Å². The molecule has 0 amide bonds. The lowest BCUT2D eigenvalue weighted by molar-refractivity contribution is 0.0955. The van der Waals surface area contributed by atoms with Crippen molar-refractivity contribution >= 4 is 8.32 Å². The van der Waals surface area contributed by atoms with Crippen LogP contribution in [0.4, 0.5) is 0 Å². The molecule has 2 atom stereocenters. The van der Waals surface area contributed by atoms with Crippen molar-refractivity contribution in [2.75, 3.05) is 0 Å². The van der Waals surface area contributed by atoms with E-state index in [1.54, 1.807) is 0 Å². The Bertz CT molecular complexity index is 313. The highest BCUT2D eigenvalue weighted by atomic mass is 28.4. The highest BCUT2D eigenvalue weighted by molar-refractivity contribution is 6.74. The van der Waals surface area contributed by atoms with E-state index in [1.165, 1.54) is 32.1 Å². The molecule has 1 fully saturated rings. The lowest BCUT2D eigenvalue weighted by Gasteiger charge is -2.42. The van der Waals surface area contributed by atoms with Crippen molar-refractivity contribution in [2.24, 2.45) is 5.41 Å². The Morgan fingerprint density at radius 2 is 1.94 bits per heavy atom. The van der Waals surface area contributed by atoms with Crippen LogP contribution in [0.5, 0.6) is 0 Å². The van der Waals surface area contributed by atoms with Crippen LogP contribution in [0, 0.1) is 5.41 Å². The molecular weight excluding hydrogens is 224 g/mol. The first kappa shape index (κ1) is 13.4. The van der Waals surface area contributed by atoms with Crippen LogP contribution in [0.1, 0.15) is 52.9 Å². The minimum atomic E-state index is -1.60. The first-order valence-electron chi connectivity index (χ1n) is 7.12. The van der Waals surface area contributed by atoms with Crippen LogP contribution in [0.3, 0.4) is 0 Å². The molecule has 2 aliphatic carbocycles. The van der Waals surface area contributed by atoms with Gasteiger partial charge in [0.25, 0.3) is 0 Å². The standard InChI is InChI=1S/C15H28OSi/c1-14(2,3)17(4,5)16-13-9-8-12-15(13)10-6-7-11-15/h6,10,13H,7-9,11-12H2,1-5H3/t13-,15+/m1/s1. The molecule has 0 aliphatic heterocycles. The Morgan fingerprint density at radius 3 is 2.47 bits per heavy atom. The summed E-state index contributed by atoms with van der Waals surface area (Å²) >= 11 is 0. The maximum atomic E-state index is 6.69. The van der Waals surface area contributed by atoms with Gasteiger partial charge in [-0.3, -0.25) is 0 Å². The highest BCUT2D eigenvalue weighted by Crippen LogP contribution is 2.50. The van der Waals surface area contributed by atoms with Gasteiger partial charge in [-0.25, -0.2) is 0 Å². The molecule has 0 N–H and O–H groups in total. The Hall–Kier alpha value is -0.0831. The average Bonchev–Trinajstić information content (AvgIpc) is 2.77. The van der Waals surface area contributed by atoms with Gasteiger partial charge >= 0.3 is 0 Å². The number of hydrogen-bond acceptors (Lipinski definition) is 1. The lowest BCUT2D eigenvalue weighted by atomic mass is 9.84. The molecule has 0 unspecified atom stereocenters. The summed E-state index contributed by atoms with van der Waals surface area (Å²) < 4.78 is 6.69. The molecule has 0 heterocycles. The first-order valence-corrected chi connectivity index (χ1v) is 10.0. The zero-order valence-corrected chi connectivity index (χ0v) is 13.2. The monoisotopic (exact) mass is 252 g/mol. The first-order chi connectivity index (χ1) is 7.77. The van der Waals surface area contributed by atoms with Crippen molar-refractivity contribution in [1.29, 1.82) is 0 Å². The third-order valence-corrected chi connectivity index (χ3v) is 9.71. The van der Waals surface area contributed by atoms with E-state index in [1.807, 2.05) is 0 Å². The van der Waals surface area contributed by atoms with Crippen LogP contribution in [0.15, 0.2) is 12.2 Å². The molecule has 2 rings (SSSR count). The van der Waals surface area contributed by atoms with E-state index in [4.69, 9.17) is 4.43 Å². The summed E-state index contributed by atoms with van der Waals surface area (Å²) in [6.07, 6.45) is 11.9. The van der Waals surface area contributed by atoms with Gasteiger partial charge in [-0.1, -0.05) is 32.9 Å². The molecule has 98 valence electrons. The topological polar surface area (TPSA) is 9.23 Å². The normalized spacial score (nSPS) is 33.8. The summed E-state index contributed by atoms with van der Waals surface area (Å²) in [5.41, 5.74) is 0.412. The van der Waals surface area contributed by atoms with Crippen molar-refractivity contribution in [1.82, 2.24) is 0 Å². The van der Waals surface area contributed by atoms with Crippen molar-refractivity contribution in [3.63, 3.8) is 0 Å². The van der Waals surface area contributed by atoms with Crippen molar-refractivity contribution in [3.8, 4) is 0 Å². The van der Waals surface area contributed by atoms with Crippen molar-refractivity contribution in [3.05, 3.63) is 12.2 Å². The maximum Gasteiger partial charge on any atom is 0.192 e. The largest absolute Gasteiger partial charge is 0.413 e. The molecule has 0 aromatic heterocycles. The Labute approximate surface area is 108 Å². The second-order valence-electron chi connectivity index (χ2n) is 7.43. The van der Waals surface area contributed by atoms with Crippen molar-refractivity contribution in [2.45, 2.75) is 77.1 Å². The van der Waals surface area contributed by atoms with Crippen LogP contribution in [-0.2, 0) is 4.43 Å². The maximum absolute atomic E-state index is 6.69. The van der Waals surface area contributed by atoms with Gasteiger partial charge in [0.05, 0.1) is 6.10 Å². The van der Waals surface area contributed by atoms with Crippen LogP contribution in [-0.4, -0.2) is 14.4 Å². The number of allylic oxidation sites excluding steroid dienone is 1. The third kappa shape index (κ3) is 2.39. The zero-order chi connectivity index (χ0) is 12.7. The van der Waals surface area contributed by atoms with E-state index >= 15 is 0 Å². The number of hydrogen-bond donors (Lipinski definition) is 0. The highest BCUT2D eigenvalue weighted by Gasteiger charge is 2.48. The molecule has 0 radical (unpaired) electrons. The van der Waals surface area contributed by atoms with E-state index in [0.717, 1.165) is 0 Å². The smallest absolute Gasteiger partial charge is 0.192 e. The van der Waals surface area contributed by atoms with Crippen LogP contribution in [0.25, 0.3) is 0 Å². The fraction of sp³-hybridized carbons (Fsp3) is 0.867. The Balaban J connectivity index is 2.11. The van der Waals surface area contributed by atoms with Crippen LogP contribution < -0.4 is 0 Å². The van der Waals surface area contributed by atoms with Gasteiger partial charge in [0.15, 0.2) is 8.32 Å². The molecule has 1 spiro atoms. The summed E-state index contributed by atoms with van der Waals surface area (Å²) in [5, 5.41) is 0.332. The summed E-state index contributed by atoms with van der Waals surface area (Å²) in [6, 6.07) is 0. The fourth-order valence-electron chi connectivity index (χ4n) is 3.00. The van der Waals surface area contributed by atoms with E-state index < -0.39 is 8.32 Å². The lowest BCUT2D eigenvalue weighted by Crippen LogP contribution is -2.46. The van der Waals surface area contributed by atoms with Gasteiger partial charge in [-0.2, -0.15) is 0 Å². The summed E-state index contributed by atoms with van der Waals surface area (Å²) in [4.78, 5) is 0. The SMILES string of the molecule is CC(C)(C)[Si](C)(C)O[C@@H]1CCC[C@@]12C=CCC2. The third-order valence-electron chi connectivity index (χ3n) is 5.22. The van der Waals surface area contributed by atoms with E-state index in [-0.39, 0.29) is 0 Å². The summed E-state index contributed by atoms with van der Waals surface area (Å²) in [7, 11) is -1.60. The van der Waals surface area contributed by atoms with E-state index in [0.29, 0.717) is 16.6 Å². The fourth-order valence-corrected chi connectivity index (χ4v) is 4.42. The Kier molecular flexibility index (Phi) is 3.33. The molecule has 0 aromatic rings. The average molecular weight is 252 g/mol. The second kappa shape index (κ2) is 4.24. The molecule has 1 saturated carbocycles. The molecule has 2 heteroatoms. The molecule has 0 aromatic carbocycles. The molecule has 17 heavy (non-hydrogen) atoms. The van der Waals surface area contributed by atoms with Crippen molar-refractivity contribution < 1.29 is 4.43 Å². The second-order valence-corrected chi connectivity index (χ2v) is 12.2. The molecule has 1 nitrogen and oxygen atoms in total. The van der Waals surface area contributed by atoms with Gasteiger partial charge < -0.3 is 4.43 Å². The van der Waals surface area contributed by atoms with E-state index in [2.05, 4.69) is 46.0 Å². The van der Waals surface area contributed by atoms with Crippen LogP contribution in [0.2, 0.25) is 18.1 Å². The minimum absolute atomic E-state index is 0.332. The Morgan fingerprint density at radius 1 is 1.24 bits per heavy atom. The predicted octanol–water partition coefficient (Wildman–Crippen LogP) is 4.90. The van der Waals surface area contributed by atoms with Gasteiger partial charge in [0.2, 0.25) is 0 Å². The van der Waals surface area contributed by atoms with Gasteiger partial charge in [0.1, 0.15) is 0 Å². The molecule has 0 saturated heterocycles. The van der Waals surface area contributed by atoms with Gasteiger partial charge in [0, 0.05) is 5.41 Å². The minimum Gasteiger partial charge on any atom is -0.413 e. The number of rotatable bonds is 2. The van der Waals surface area contributed by atoms with E-state index in [9.17, 15) is 0 Å².